The average Bonchev–Trinajstić information content (AvgIpc) is 2.27. The van der Waals surface area contributed by atoms with Gasteiger partial charge in [0, 0.05) is 12.6 Å². The van der Waals surface area contributed by atoms with Crippen LogP contribution in [0.1, 0.15) is 38.1 Å². The van der Waals surface area contributed by atoms with Crippen molar-refractivity contribution in [1.29, 1.82) is 0 Å². The molecule has 0 atom stereocenters. The molecule has 2 nitrogen and oxygen atoms in total. The van der Waals surface area contributed by atoms with Gasteiger partial charge in [-0.1, -0.05) is 13.8 Å². The molecular formula is C10H16F2N2. The lowest BCUT2D eigenvalue weighted by molar-refractivity contribution is -0.000417. The van der Waals surface area contributed by atoms with E-state index in [1.165, 1.54) is 4.68 Å². The van der Waals surface area contributed by atoms with E-state index in [0.717, 1.165) is 18.3 Å². The Morgan fingerprint density at radius 3 is 2.50 bits per heavy atom. The molecule has 0 aliphatic carbocycles. The normalized spacial score (nSPS) is 12.5. The smallest absolute Gasteiger partial charge is 0.263 e. The average molecular weight is 202 g/mol. The maximum atomic E-state index is 12.8. The molecule has 14 heavy (non-hydrogen) atoms. The predicted molar refractivity (Wildman–Crippen MR) is 51.7 cm³/mol. The van der Waals surface area contributed by atoms with Crippen LogP contribution in [0, 0.1) is 6.92 Å². The van der Waals surface area contributed by atoms with Crippen LogP contribution < -0.4 is 0 Å². The third-order valence-electron chi connectivity index (χ3n) is 1.95. The van der Waals surface area contributed by atoms with Crippen LogP contribution in [0.5, 0.6) is 0 Å². The molecule has 0 bridgehead atoms. The summed E-state index contributed by atoms with van der Waals surface area (Å²) in [6.07, 6.45) is 0. The molecule has 0 saturated carbocycles. The highest BCUT2D eigenvalue weighted by atomic mass is 19.3. The highest BCUT2D eigenvalue weighted by Crippen LogP contribution is 2.20. The van der Waals surface area contributed by atoms with Crippen molar-refractivity contribution in [2.45, 2.75) is 46.1 Å². The lowest BCUT2D eigenvalue weighted by Crippen LogP contribution is -2.22. The molecule has 0 radical (unpaired) electrons. The number of nitrogens with zero attached hydrogens (tertiary/aromatic N) is 2. The number of rotatable bonds is 3. The Morgan fingerprint density at radius 2 is 2.07 bits per heavy atom. The largest absolute Gasteiger partial charge is 0.264 e. The van der Waals surface area contributed by atoms with Gasteiger partial charge in [0.05, 0.1) is 5.69 Å². The zero-order valence-electron chi connectivity index (χ0n) is 9.01. The van der Waals surface area contributed by atoms with Gasteiger partial charge < -0.3 is 0 Å². The molecule has 0 aliphatic rings. The molecule has 0 fully saturated rings. The Balaban J connectivity index is 2.96. The zero-order chi connectivity index (χ0) is 10.9. The first-order valence-electron chi connectivity index (χ1n) is 4.72. The van der Waals surface area contributed by atoms with Gasteiger partial charge in [0.15, 0.2) is 0 Å². The Morgan fingerprint density at radius 1 is 1.50 bits per heavy atom. The summed E-state index contributed by atoms with van der Waals surface area (Å²) < 4.78 is 27.0. The van der Waals surface area contributed by atoms with Crippen molar-refractivity contribution < 1.29 is 8.78 Å². The molecule has 0 aromatic carbocycles. The van der Waals surface area contributed by atoms with Crippen molar-refractivity contribution in [2.24, 2.45) is 0 Å². The monoisotopic (exact) mass is 202 g/mol. The van der Waals surface area contributed by atoms with E-state index in [-0.39, 0.29) is 12.5 Å². The summed E-state index contributed by atoms with van der Waals surface area (Å²) in [6, 6.07) is 1.86. The topological polar surface area (TPSA) is 17.8 Å². The minimum Gasteiger partial charge on any atom is -0.263 e. The number of halogens is 2. The Kier molecular flexibility index (Phi) is 2.92. The Labute approximate surface area is 82.9 Å². The summed E-state index contributed by atoms with van der Waals surface area (Å²) in [5.41, 5.74) is 1.65. The van der Waals surface area contributed by atoms with Crippen molar-refractivity contribution in [3.8, 4) is 0 Å². The van der Waals surface area contributed by atoms with Gasteiger partial charge in [-0.15, -0.1) is 0 Å². The molecule has 0 amide bonds. The van der Waals surface area contributed by atoms with Crippen LogP contribution in [0.4, 0.5) is 8.78 Å². The molecule has 1 heterocycles. The van der Waals surface area contributed by atoms with Crippen LogP contribution in [0.2, 0.25) is 0 Å². The quantitative estimate of drug-likeness (QED) is 0.736. The highest BCUT2D eigenvalue weighted by molar-refractivity contribution is 5.12. The van der Waals surface area contributed by atoms with E-state index in [2.05, 4.69) is 5.10 Å². The first-order valence-corrected chi connectivity index (χ1v) is 4.72. The third-order valence-corrected chi connectivity index (χ3v) is 1.95. The van der Waals surface area contributed by atoms with E-state index >= 15 is 0 Å². The number of hydrogen-bond donors (Lipinski definition) is 0. The molecule has 0 saturated heterocycles. The minimum atomic E-state index is -2.71. The van der Waals surface area contributed by atoms with Crippen molar-refractivity contribution >= 4 is 0 Å². The van der Waals surface area contributed by atoms with Gasteiger partial charge in [-0.05, 0) is 18.9 Å². The van der Waals surface area contributed by atoms with Crippen molar-refractivity contribution in [1.82, 2.24) is 9.78 Å². The summed E-state index contributed by atoms with van der Waals surface area (Å²) in [6.45, 7) is 6.33. The van der Waals surface area contributed by atoms with Crippen molar-refractivity contribution in [3.05, 3.63) is 17.5 Å². The molecule has 4 heteroatoms. The minimum absolute atomic E-state index is 0.221. The van der Waals surface area contributed by atoms with Gasteiger partial charge in [0.25, 0.3) is 5.92 Å². The van der Waals surface area contributed by atoms with E-state index in [4.69, 9.17) is 0 Å². The van der Waals surface area contributed by atoms with E-state index in [9.17, 15) is 8.78 Å². The number of alkyl halides is 2. The molecule has 0 aliphatic heterocycles. The molecule has 80 valence electrons. The third kappa shape index (κ3) is 2.79. The maximum Gasteiger partial charge on any atom is 0.264 e. The van der Waals surface area contributed by atoms with E-state index in [0.29, 0.717) is 0 Å². The second kappa shape index (κ2) is 3.67. The van der Waals surface area contributed by atoms with Gasteiger partial charge in [-0.2, -0.15) is 5.10 Å². The van der Waals surface area contributed by atoms with Gasteiger partial charge in [0.1, 0.15) is 6.54 Å². The standard InChI is InChI=1S/C10H16F2N2/c1-7(2)9-5-8(3)13-14(9)6-10(4,11)12/h5,7H,6H2,1-4H3. The molecule has 0 N–H and O–H groups in total. The maximum absolute atomic E-state index is 12.8. The van der Waals surface area contributed by atoms with E-state index < -0.39 is 5.92 Å². The summed E-state index contributed by atoms with van der Waals surface area (Å²) in [4.78, 5) is 0. The fourth-order valence-corrected chi connectivity index (χ4v) is 1.42. The summed E-state index contributed by atoms with van der Waals surface area (Å²) in [5.74, 6) is -2.49. The highest BCUT2D eigenvalue weighted by Gasteiger charge is 2.24. The lowest BCUT2D eigenvalue weighted by atomic mass is 10.1. The van der Waals surface area contributed by atoms with Gasteiger partial charge in [-0.25, -0.2) is 8.78 Å². The van der Waals surface area contributed by atoms with E-state index in [1.807, 2.05) is 26.8 Å². The van der Waals surface area contributed by atoms with Crippen LogP contribution in [0.3, 0.4) is 0 Å². The Bertz CT molecular complexity index is 310. The number of hydrogen-bond acceptors (Lipinski definition) is 1. The van der Waals surface area contributed by atoms with Crippen LogP contribution in [-0.2, 0) is 6.54 Å². The number of aromatic nitrogens is 2. The zero-order valence-corrected chi connectivity index (χ0v) is 9.01. The summed E-state index contributed by atoms with van der Waals surface area (Å²) in [5, 5.41) is 4.05. The first kappa shape index (κ1) is 11.1. The summed E-state index contributed by atoms with van der Waals surface area (Å²) in [7, 11) is 0. The predicted octanol–water partition coefficient (Wildman–Crippen LogP) is 2.97. The molecule has 1 rings (SSSR count). The fraction of sp³-hybridized carbons (Fsp3) is 0.700. The lowest BCUT2D eigenvalue weighted by Gasteiger charge is -2.14. The van der Waals surface area contributed by atoms with Crippen LogP contribution in [0.15, 0.2) is 6.07 Å². The van der Waals surface area contributed by atoms with Crippen LogP contribution in [-0.4, -0.2) is 15.7 Å². The van der Waals surface area contributed by atoms with Crippen molar-refractivity contribution in [3.63, 3.8) is 0 Å². The second-order valence-electron chi connectivity index (χ2n) is 4.09. The molecular weight excluding hydrogens is 186 g/mol. The van der Waals surface area contributed by atoms with Crippen LogP contribution in [0.25, 0.3) is 0 Å². The Hall–Kier alpha value is -0.930. The van der Waals surface area contributed by atoms with Crippen LogP contribution >= 0.6 is 0 Å². The van der Waals surface area contributed by atoms with Gasteiger partial charge in [0.2, 0.25) is 0 Å². The fourth-order valence-electron chi connectivity index (χ4n) is 1.42. The molecule has 0 unspecified atom stereocenters. The van der Waals surface area contributed by atoms with Gasteiger partial charge >= 0.3 is 0 Å². The SMILES string of the molecule is Cc1cc(C(C)C)n(CC(C)(F)F)n1. The van der Waals surface area contributed by atoms with E-state index in [1.54, 1.807) is 0 Å². The van der Waals surface area contributed by atoms with Gasteiger partial charge in [-0.3, -0.25) is 4.68 Å². The second-order valence-corrected chi connectivity index (χ2v) is 4.09. The number of aryl methyl sites for hydroxylation is 1. The molecule has 1 aromatic rings. The molecule has 0 spiro atoms. The summed E-state index contributed by atoms with van der Waals surface area (Å²) >= 11 is 0. The first-order chi connectivity index (χ1) is 6.29. The molecule has 1 aromatic heterocycles. The van der Waals surface area contributed by atoms with Crippen molar-refractivity contribution in [2.75, 3.05) is 0 Å².